The molecule has 0 aliphatic heterocycles. The standard InChI is InChI=1S/C31H56N2O2S/c1-6-7-8-9-10-11-12-13-14-15-16-17-18-19-20-21-26-32-29(5)31(27(2)3)33-36(34,35)30-24-22-28(4)23-25-30/h22-25,27,31-33H,5-21,26H2,1-4H3/t31-/m0/s1. The Labute approximate surface area is 224 Å². The lowest BCUT2D eigenvalue weighted by molar-refractivity contribution is 0.468. The first-order valence-corrected chi connectivity index (χ1v) is 16.3. The van der Waals surface area contributed by atoms with Gasteiger partial charge in [0.25, 0.3) is 0 Å². The van der Waals surface area contributed by atoms with Gasteiger partial charge in [0.15, 0.2) is 0 Å². The summed E-state index contributed by atoms with van der Waals surface area (Å²) in [6, 6.07) is 6.62. The Kier molecular flexibility index (Phi) is 17.9. The Morgan fingerprint density at radius 1 is 0.750 bits per heavy atom. The molecule has 0 aliphatic carbocycles. The third-order valence-corrected chi connectivity index (χ3v) is 8.49. The molecule has 1 aromatic rings. The first-order valence-electron chi connectivity index (χ1n) is 14.8. The van der Waals surface area contributed by atoms with Gasteiger partial charge in [-0.2, -0.15) is 0 Å². The molecule has 1 atom stereocenters. The number of sulfonamides is 1. The summed E-state index contributed by atoms with van der Waals surface area (Å²) in [6.45, 7) is 13.2. The quantitative estimate of drug-likeness (QED) is 0.142. The zero-order valence-electron chi connectivity index (χ0n) is 23.9. The maximum absolute atomic E-state index is 12.8. The molecule has 0 spiro atoms. The molecule has 2 N–H and O–H groups in total. The van der Waals surface area contributed by atoms with E-state index in [1.54, 1.807) is 12.1 Å². The predicted molar refractivity (Wildman–Crippen MR) is 157 cm³/mol. The first kappa shape index (κ1) is 32.7. The van der Waals surface area contributed by atoms with Gasteiger partial charge in [-0.15, -0.1) is 0 Å². The SMILES string of the molecule is C=C(NCCCCCCCCCCCCCCCCCC)[C@@H](NS(=O)(=O)c1ccc(C)cc1)C(C)C. The van der Waals surface area contributed by atoms with E-state index in [0.717, 1.165) is 24.2 Å². The van der Waals surface area contributed by atoms with Gasteiger partial charge in [0.05, 0.1) is 10.9 Å². The molecule has 0 aromatic heterocycles. The van der Waals surface area contributed by atoms with E-state index in [2.05, 4.69) is 23.5 Å². The molecule has 5 heteroatoms. The lowest BCUT2D eigenvalue weighted by atomic mass is 10.0. The van der Waals surface area contributed by atoms with Crippen molar-refractivity contribution in [3.05, 3.63) is 42.1 Å². The molecular formula is C31H56N2O2S. The van der Waals surface area contributed by atoms with E-state index in [9.17, 15) is 8.42 Å². The largest absolute Gasteiger partial charge is 0.388 e. The van der Waals surface area contributed by atoms with Crippen LogP contribution in [-0.4, -0.2) is 21.0 Å². The van der Waals surface area contributed by atoms with Gasteiger partial charge in [0, 0.05) is 12.2 Å². The van der Waals surface area contributed by atoms with Gasteiger partial charge in [0.2, 0.25) is 10.0 Å². The summed E-state index contributed by atoms with van der Waals surface area (Å²) in [7, 11) is -3.58. The van der Waals surface area contributed by atoms with Crippen LogP contribution in [0.1, 0.15) is 129 Å². The second-order valence-corrected chi connectivity index (χ2v) is 12.6. The summed E-state index contributed by atoms with van der Waals surface area (Å²) in [5, 5.41) is 3.38. The molecule has 1 aromatic carbocycles. The first-order chi connectivity index (χ1) is 17.3. The van der Waals surface area contributed by atoms with Gasteiger partial charge in [-0.1, -0.05) is 141 Å². The minimum Gasteiger partial charge on any atom is -0.388 e. The summed E-state index contributed by atoms with van der Waals surface area (Å²) in [4.78, 5) is 0.296. The zero-order valence-corrected chi connectivity index (χ0v) is 24.7. The molecule has 0 saturated heterocycles. The molecule has 0 fully saturated rings. The van der Waals surface area contributed by atoms with Crippen molar-refractivity contribution in [2.24, 2.45) is 5.92 Å². The Balaban J connectivity index is 2.09. The van der Waals surface area contributed by atoms with Crippen LogP contribution in [0.4, 0.5) is 0 Å². The Bertz CT molecular complexity index is 787. The van der Waals surface area contributed by atoms with E-state index >= 15 is 0 Å². The van der Waals surface area contributed by atoms with Crippen molar-refractivity contribution < 1.29 is 8.42 Å². The summed E-state index contributed by atoms with van der Waals surface area (Å²) < 4.78 is 28.5. The van der Waals surface area contributed by atoms with Crippen LogP contribution in [0.5, 0.6) is 0 Å². The fourth-order valence-electron chi connectivity index (χ4n) is 4.59. The van der Waals surface area contributed by atoms with E-state index in [-0.39, 0.29) is 12.0 Å². The third kappa shape index (κ3) is 15.0. The smallest absolute Gasteiger partial charge is 0.241 e. The second-order valence-electron chi connectivity index (χ2n) is 10.9. The van der Waals surface area contributed by atoms with E-state index in [4.69, 9.17) is 0 Å². The molecule has 208 valence electrons. The number of hydrogen-bond acceptors (Lipinski definition) is 3. The predicted octanol–water partition coefficient (Wildman–Crippen LogP) is 8.66. The molecule has 0 amide bonds. The van der Waals surface area contributed by atoms with Crippen molar-refractivity contribution >= 4 is 10.0 Å². The second kappa shape index (κ2) is 19.7. The van der Waals surface area contributed by atoms with Gasteiger partial charge in [-0.25, -0.2) is 13.1 Å². The highest BCUT2D eigenvalue weighted by Gasteiger charge is 2.24. The topological polar surface area (TPSA) is 58.2 Å². The number of aryl methyl sites for hydroxylation is 1. The Morgan fingerprint density at radius 2 is 1.17 bits per heavy atom. The van der Waals surface area contributed by atoms with Gasteiger partial charge in [-0.05, 0) is 31.4 Å². The van der Waals surface area contributed by atoms with Gasteiger partial charge < -0.3 is 5.32 Å². The molecule has 1 rings (SSSR count). The van der Waals surface area contributed by atoms with Crippen molar-refractivity contribution in [3.63, 3.8) is 0 Å². The zero-order chi connectivity index (χ0) is 26.7. The Morgan fingerprint density at radius 3 is 1.58 bits per heavy atom. The van der Waals surface area contributed by atoms with Crippen molar-refractivity contribution in [1.29, 1.82) is 0 Å². The lowest BCUT2D eigenvalue weighted by Crippen LogP contribution is -2.43. The summed E-state index contributed by atoms with van der Waals surface area (Å²) in [6.07, 6.45) is 21.7. The van der Waals surface area contributed by atoms with Gasteiger partial charge >= 0.3 is 0 Å². The third-order valence-electron chi connectivity index (χ3n) is 7.04. The number of unbranched alkanes of at least 4 members (excludes halogenated alkanes) is 15. The molecule has 0 unspecified atom stereocenters. The molecule has 0 radical (unpaired) electrons. The monoisotopic (exact) mass is 520 g/mol. The van der Waals surface area contributed by atoms with Crippen molar-refractivity contribution in [2.45, 2.75) is 141 Å². The normalized spacial score (nSPS) is 12.7. The van der Waals surface area contributed by atoms with E-state index in [1.807, 2.05) is 32.9 Å². The fourth-order valence-corrected chi connectivity index (χ4v) is 5.97. The number of rotatable bonds is 23. The molecular weight excluding hydrogens is 464 g/mol. The van der Waals surface area contributed by atoms with Gasteiger partial charge in [0.1, 0.15) is 0 Å². The average molecular weight is 521 g/mol. The summed E-state index contributed by atoms with van der Waals surface area (Å²) in [5.41, 5.74) is 1.79. The highest BCUT2D eigenvalue weighted by Crippen LogP contribution is 2.17. The molecule has 4 nitrogen and oxygen atoms in total. The van der Waals surface area contributed by atoms with Crippen LogP contribution in [0.3, 0.4) is 0 Å². The van der Waals surface area contributed by atoms with Crippen LogP contribution in [-0.2, 0) is 10.0 Å². The molecule has 0 bridgehead atoms. The lowest BCUT2D eigenvalue weighted by Gasteiger charge is -2.25. The number of nitrogens with one attached hydrogen (secondary N) is 2. The van der Waals surface area contributed by atoms with Crippen LogP contribution >= 0.6 is 0 Å². The van der Waals surface area contributed by atoms with Crippen LogP contribution < -0.4 is 10.0 Å². The summed E-state index contributed by atoms with van der Waals surface area (Å²) >= 11 is 0. The highest BCUT2D eigenvalue weighted by molar-refractivity contribution is 7.89. The molecule has 0 heterocycles. The minimum absolute atomic E-state index is 0.107. The average Bonchev–Trinajstić information content (AvgIpc) is 2.84. The molecule has 36 heavy (non-hydrogen) atoms. The van der Waals surface area contributed by atoms with Crippen LogP contribution in [0.2, 0.25) is 0 Å². The van der Waals surface area contributed by atoms with E-state index in [0.29, 0.717) is 4.90 Å². The van der Waals surface area contributed by atoms with Crippen molar-refractivity contribution in [2.75, 3.05) is 6.54 Å². The van der Waals surface area contributed by atoms with Crippen LogP contribution in [0.15, 0.2) is 41.4 Å². The fraction of sp³-hybridized carbons (Fsp3) is 0.742. The van der Waals surface area contributed by atoms with Crippen LogP contribution in [0.25, 0.3) is 0 Å². The van der Waals surface area contributed by atoms with E-state index < -0.39 is 10.0 Å². The van der Waals surface area contributed by atoms with Crippen LogP contribution in [0, 0.1) is 12.8 Å². The van der Waals surface area contributed by atoms with Crippen molar-refractivity contribution in [3.8, 4) is 0 Å². The number of benzene rings is 1. The molecule has 0 aliphatic rings. The van der Waals surface area contributed by atoms with E-state index in [1.165, 1.54) is 96.3 Å². The van der Waals surface area contributed by atoms with Gasteiger partial charge in [-0.3, -0.25) is 0 Å². The number of hydrogen-bond donors (Lipinski definition) is 2. The Hall–Kier alpha value is -1.33. The maximum Gasteiger partial charge on any atom is 0.241 e. The minimum atomic E-state index is -3.58. The molecule has 0 saturated carbocycles. The van der Waals surface area contributed by atoms with Crippen molar-refractivity contribution in [1.82, 2.24) is 10.0 Å². The highest BCUT2D eigenvalue weighted by atomic mass is 32.2. The summed E-state index contributed by atoms with van der Waals surface area (Å²) in [5.74, 6) is 0.107. The maximum atomic E-state index is 12.8.